The summed E-state index contributed by atoms with van der Waals surface area (Å²) >= 11 is 0. The molecule has 5 heteroatoms. The molecular formula is C30H36O5. The van der Waals surface area contributed by atoms with E-state index in [1.165, 1.54) is 17.2 Å². The summed E-state index contributed by atoms with van der Waals surface area (Å²) in [5.41, 5.74) is 6.30. The number of ether oxygens (including phenoxy) is 1. The summed E-state index contributed by atoms with van der Waals surface area (Å²) in [7, 11) is 1.54. The van der Waals surface area contributed by atoms with Gasteiger partial charge in [-0.25, -0.2) is 0 Å². The molecule has 5 nitrogen and oxygen atoms in total. The van der Waals surface area contributed by atoms with Crippen LogP contribution in [0.5, 0.6) is 23.0 Å². The molecule has 0 saturated heterocycles. The van der Waals surface area contributed by atoms with Crippen LogP contribution in [0.3, 0.4) is 0 Å². The highest BCUT2D eigenvalue weighted by Gasteiger charge is 2.20. The van der Waals surface area contributed by atoms with E-state index in [9.17, 15) is 15.3 Å². The predicted octanol–water partition coefficient (Wildman–Crippen LogP) is 7.97. The van der Waals surface area contributed by atoms with E-state index in [2.05, 4.69) is 32.9 Å². The molecule has 0 spiro atoms. The van der Waals surface area contributed by atoms with Crippen LogP contribution in [0.2, 0.25) is 0 Å². The Hall–Kier alpha value is -3.60. The predicted molar refractivity (Wildman–Crippen MR) is 142 cm³/mol. The summed E-state index contributed by atoms with van der Waals surface area (Å²) < 4.78 is 11.7. The lowest BCUT2D eigenvalue weighted by Crippen LogP contribution is -1.93. The lowest BCUT2D eigenvalue weighted by molar-refractivity contribution is 0.370. The topological polar surface area (TPSA) is 83.1 Å². The molecule has 1 aromatic heterocycles. The first kappa shape index (κ1) is 26.0. The Bertz CT molecular complexity index is 1300. The third kappa shape index (κ3) is 6.30. The molecule has 0 radical (unpaired) electrons. The van der Waals surface area contributed by atoms with Gasteiger partial charge in [-0.1, -0.05) is 34.9 Å². The summed E-state index contributed by atoms with van der Waals surface area (Å²) in [5, 5.41) is 32.2. The lowest BCUT2D eigenvalue weighted by atomic mass is 9.98. The highest BCUT2D eigenvalue weighted by molar-refractivity contribution is 5.90. The van der Waals surface area contributed by atoms with E-state index < -0.39 is 0 Å². The molecule has 0 bridgehead atoms. The maximum atomic E-state index is 10.6. The van der Waals surface area contributed by atoms with Gasteiger partial charge in [-0.2, -0.15) is 0 Å². The normalized spacial score (nSPS) is 11.5. The Labute approximate surface area is 207 Å². The maximum Gasteiger partial charge on any atom is 0.164 e. The van der Waals surface area contributed by atoms with Gasteiger partial charge in [0.1, 0.15) is 22.8 Å². The molecule has 0 aliphatic rings. The molecule has 186 valence electrons. The lowest BCUT2D eigenvalue weighted by Gasteiger charge is -2.10. The van der Waals surface area contributed by atoms with Crippen molar-refractivity contribution in [2.24, 2.45) is 0 Å². The molecule has 1 heterocycles. The number of aromatic hydroxyl groups is 3. The number of phenols is 3. The Balaban J connectivity index is 2.10. The van der Waals surface area contributed by atoms with Crippen LogP contribution in [0.15, 0.2) is 63.6 Å². The molecule has 0 aliphatic heterocycles. The summed E-state index contributed by atoms with van der Waals surface area (Å²) in [6, 6.07) is 6.36. The third-order valence-electron chi connectivity index (χ3n) is 6.00. The van der Waals surface area contributed by atoms with Gasteiger partial charge in [-0.3, -0.25) is 0 Å². The first-order valence-electron chi connectivity index (χ1n) is 11.9. The Kier molecular flexibility index (Phi) is 8.34. The molecule has 3 aromatic rings. The van der Waals surface area contributed by atoms with Gasteiger partial charge in [0.05, 0.1) is 7.11 Å². The number of furan rings is 1. The van der Waals surface area contributed by atoms with Gasteiger partial charge >= 0.3 is 0 Å². The number of rotatable bonds is 9. The van der Waals surface area contributed by atoms with Gasteiger partial charge in [-0.05, 0) is 72.4 Å². The largest absolute Gasteiger partial charge is 0.508 e. The van der Waals surface area contributed by atoms with Crippen LogP contribution in [-0.2, 0) is 12.8 Å². The summed E-state index contributed by atoms with van der Waals surface area (Å²) in [4.78, 5) is 0. The Morgan fingerprint density at radius 2 is 1.51 bits per heavy atom. The van der Waals surface area contributed by atoms with Crippen molar-refractivity contribution in [3.63, 3.8) is 0 Å². The SMILES string of the molecule is COc1c(O)cc2oc(-c3cc(O)cc(O)c3CC=C(C)C)cc2c1C/C=C(\C)CCC=C(C)C. The molecule has 0 atom stereocenters. The number of hydrogen-bond acceptors (Lipinski definition) is 5. The minimum atomic E-state index is -0.0468. The van der Waals surface area contributed by atoms with Gasteiger partial charge in [0.2, 0.25) is 0 Å². The highest BCUT2D eigenvalue weighted by atomic mass is 16.5. The molecular weight excluding hydrogens is 440 g/mol. The van der Waals surface area contributed by atoms with E-state index in [1.807, 2.05) is 26.0 Å². The average molecular weight is 477 g/mol. The van der Waals surface area contributed by atoms with Crippen molar-refractivity contribution in [2.75, 3.05) is 7.11 Å². The van der Waals surface area contributed by atoms with E-state index in [0.717, 1.165) is 29.4 Å². The molecule has 3 rings (SSSR count). The fourth-order valence-electron chi connectivity index (χ4n) is 4.13. The summed E-state index contributed by atoms with van der Waals surface area (Å²) in [6.45, 7) is 10.3. The van der Waals surface area contributed by atoms with Crippen LogP contribution in [0.25, 0.3) is 22.3 Å². The van der Waals surface area contributed by atoms with Crippen LogP contribution in [0.1, 0.15) is 58.6 Å². The number of methoxy groups -OCH3 is 1. The fraction of sp³-hybridized carbons (Fsp3) is 0.333. The highest BCUT2D eigenvalue weighted by Crippen LogP contribution is 2.43. The van der Waals surface area contributed by atoms with Crippen molar-refractivity contribution in [2.45, 2.75) is 60.3 Å². The molecule has 0 amide bonds. The third-order valence-corrected chi connectivity index (χ3v) is 6.00. The van der Waals surface area contributed by atoms with Crippen LogP contribution in [-0.4, -0.2) is 22.4 Å². The number of fused-ring (bicyclic) bond motifs is 1. The second-order valence-corrected chi connectivity index (χ2v) is 9.48. The van der Waals surface area contributed by atoms with Gasteiger partial charge in [-0.15, -0.1) is 0 Å². The number of allylic oxidation sites excluding steroid dienone is 6. The zero-order valence-corrected chi connectivity index (χ0v) is 21.5. The minimum Gasteiger partial charge on any atom is -0.508 e. The van der Waals surface area contributed by atoms with Crippen molar-refractivity contribution in [1.29, 1.82) is 0 Å². The van der Waals surface area contributed by atoms with Gasteiger partial charge in [0, 0.05) is 34.2 Å². The van der Waals surface area contributed by atoms with Crippen molar-refractivity contribution < 1.29 is 24.5 Å². The van der Waals surface area contributed by atoms with Crippen LogP contribution in [0.4, 0.5) is 0 Å². The first-order valence-corrected chi connectivity index (χ1v) is 11.9. The number of phenolic OH excluding ortho intramolecular Hbond substituents is 3. The van der Waals surface area contributed by atoms with Crippen molar-refractivity contribution >= 4 is 11.0 Å². The molecule has 3 N–H and O–H groups in total. The van der Waals surface area contributed by atoms with Crippen molar-refractivity contribution in [3.8, 4) is 34.3 Å². The van der Waals surface area contributed by atoms with Gasteiger partial charge in [0.25, 0.3) is 0 Å². The summed E-state index contributed by atoms with van der Waals surface area (Å²) in [6.07, 6.45) is 9.42. The average Bonchev–Trinajstić information content (AvgIpc) is 3.19. The number of benzene rings is 2. The van der Waals surface area contributed by atoms with E-state index in [1.54, 1.807) is 19.2 Å². The molecule has 0 aliphatic carbocycles. The molecule has 0 unspecified atom stereocenters. The van der Waals surface area contributed by atoms with E-state index in [4.69, 9.17) is 9.15 Å². The standard InChI is InChI=1S/C30H36O5/c1-18(2)8-7-9-20(5)11-13-23-25-16-28(35-29(25)17-27(33)30(23)34-6)24-14-21(31)15-26(32)22(24)12-10-19(3)4/h8,10-11,14-17,31-33H,7,9,12-13H2,1-6H3/b20-11+. The van der Waals surface area contributed by atoms with E-state index >= 15 is 0 Å². The number of hydrogen-bond donors (Lipinski definition) is 3. The minimum absolute atomic E-state index is 0.00790. The van der Waals surface area contributed by atoms with Crippen LogP contribution >= 0.6 is 0 Å². The second-order valence-electron chi connectivity index (χ2n) is 9.48. The Morgan fingerprint density at radius 3 is 2.17 bits per heavy atom. The first-order chi connectivity index (χ1) is 16.6. The van der Waals surface area contributed by atoms with Crippen molar-refractivity contribution in [1.82, 2.24) is 0 Å². The van der Waals surface area contributed by atoms with Gasteiger partial charge < -0.3 is 24.5 Å². The quantitative estimate of drug-likeness (QED) is 0.273. The smallest absolute Gasteiger partial charge is 0.164 e. The molecule has 0 fully saturated rings. The molecule has 2 aromatic carbocycles. The Morgan fingerprint density at radius 1 is 0.829 bits per heavy atom. The molecule has 0 saturated carbocycles. The monoisotopic (exact) mass is 476 g/mol. The van der Waals surface area contributed by atoms with Crippen LogP contribution < -0.4 is 4.74 Å². The van der Waals surface area contributed by atoms with Crippen molar-refractivity contribution in [3.05, 3.63) is 70.3 Å². The van der Waals surface area contributed by atoms with Crippen LogP contribution in [0, 0.1) is 0 Å². The molecule has 35 heavy (non-hydrogen) atoms. The zero-order chi connectivity index (χ0) is 25.7. The fourth-order valence-corrected chi connectivity index (χ4v) is 4.13. The summed E-state index contributed by atoms with van der Waals surface area (Å²) in [5.74, 6) is 0.890. The second kappa shape index (κ2) is 11.2. The maximum absolute atomic E-state index is 10.6. The van der Waals surface area contributed by atoms with E-state index in [-0.39, 0.29) is 17.2 Å². The van der Waals surface area contributed by atoms with E-state index in [0.29, 0.717) is 41.1 Å². The zero-order valence-electron chi connectivity index (χ0n) is 21.5. The van der Waals surface area contributed by atoms with Gasteiger partial charge in [0.15, 0.2) is 11.5 Å².